The zero-order chi connectivity index (χ0) is 12.3. The second-order valence-electron chi connectivity index (χ2n) is 3.54. The van der Waals surface area contributed by atoms with Gasteiger partial charge < -0.3 is 15.2 Å². The van der Waals surface area contributed by atoms with Crippen LogP contribution in [0.1, 0.15) is 6.92 Å². The molecule has 0 saturated carbocycles. The van der Waals surface area contributed by atoms with Gasteiger partial charge in [-0.05, 0) is 19.1 Å². The molecule has 0 unspecified atom stereocenters. The summed E-state index contributed by atoms with van der Waals surface area (Å²) in [6, 6.07) is 5.29. The van der Waals surface area contributed by atoms with E-state index in [0.29, 0.717) is 22.9 Å². The Balaban J connectivity index is 2.18. The quantitative estimate of drug-likeness (QED) is 0.823. The summed E-state index contributed by atoms with van der Waals surface area (Å²) < 4.78 is 12.6. The molecule has 90 valence electrons. The molecule has 0 aliphatic rings. The van der Waals surface area contributed by atoms with Crippen molar-refractivity contribution in [2.24, 2.45) is 0 Å². The monoisotopic (exact) mass is 233 g/mol. The predicted molar refractivity (Wildman–Crippen MR) is 65.4 cm³/mol. The van der Waals surface area contributed by atoms with Gasteiger partial charge in [0.25, 0.3) is 0 Å². The van der Waals surface area contributed by atoms with E-state index in [4.69, 9.17) is 15.2 Å². The Kier molecular flexibility index (Phi) is 3.18. The fourth-order valence-corrected chi connectivity index (χ4v) is 1.46. The van der Waals surface area contributed by atoms with Crippen LogP contribution < -0.4 is 15.2 Å². The van der Waals surface area contributed by atoms with E-state index in [2.05, 4.69) is 5.10 Å². The third-order valence-corrected chi connectivity index (χ3v) is 2.37. The van der Waals surface area contributed by atoms with Crippen LogP contribution >= 0.6 is 0 Å². The van der Waals surface area contributed by atoms with Gasteiger partial charge in [0.05, 0.1) is 25.2 Å². The lowest BCUT2D eigenvalue weighted by Gasteiger charge is -2.07. The molecule has 0 aliphatic carbocycles. The minimum absolute atomic E-state index is 0.587. The minimum Gasteiger partial charge on any atom is -0.494 e. The fourth-order valence-electron chi connectivity index (χ4n) is 1.46. The molecule has 1 aromatic carbocycles. The number of hydrogen-bond donors (Lipinski definition) is 1. The first-order valence-electron chi connectivity index (χ1n) is 5.36. The van der Waals surface area contributed by atoms with Crippen LogP contribution in [0.3, 0.4) is 0 Å². The Hall–Kier alpha value is -2.17. The molecule has 5 nitrogen and oxygen atoms in total. The van der Waals surface area contributed by atoms with Crippen molar-refractivity contribution in [3.63, 3.8) is 0 Å². The molecule has 0 saturated heterocycles. The zero-order valence-corrected chi connectivity index (χ0v) is 9.88. The fraction of sp³-hybridized carbons (Fsp3) is 0.250. The number of ether oxygens (including phenoxy) is 2. The van der Waals surface area contributed by atoms with Gasteiger partial charge in [-0.2, -0.15) is 5.10 Å². The van der Waals surface area contributed by atoms with Crippen molar-refractivity contribution in [2.75, 3.05) is 12.8 Å². The number of methoxy groups -OCH3 is 1. The Bertz CT molecular complexity index is 508. The molecule has 0 radical (unpaired) electrons. The first-order chi connectivity index (χ1) is 8.22. The summed E-state index contributed by atoms with van der Waals surface area (Å²) in [6.45, 7) is 2.83. The molecule has 2 rings (SSSR count). The lowest BCUT2D eigenvalue weighted by molar-refractivity contribution is 0.411. The highest BCUT2D eigenvalue weighted by molar-refractivity contribution is 5.55. The van der Waals surface area contributed by atoms with Crippen LogP contribution in [0, 0.1) is 0 Å². The van der Waals surface area contributed by atoms with Crippen molar-refractivity contribution >= 4 is 5.69 Å². The highest BCUT2D eigenvalue weighted by Crippen LogP contribution is 2.29. The number of aromatic nitrogens is 2. The normalized spacial score (nSPS) is 10.2. The number of nitrogen functional groups attached to an aromatic ring is 1. The maximum Gasteiger partial charge on any atom is 0.165 e. The van der Waals surface area contributed by atoms with E-state index in [1.807, 2.05) is 13.1 Å². The summed E-state index contributed by atoms with van der Waals surface area (Å²) in [4.78, 5) is 0. The Morgan fingerprint density at radius 3 is 2.82 bits per heavy atom. The number of hydrogen-bond acceptors (Lipinski definition) is 4. The van der Waals surface area contributed by atoms with Gasteiger partial charge in [-0.15, -0.1) is 0 Å². The smallest absolute Gasteiger partial charge is 0.165 e. The first-order valence-corrected chi connectivity index (χ1v) is 5.36. The van der Waals surface area contributed by atoms with Gasteiger partial charge in [-0.25, -0.2) is 0 Å². The summed E-state index contributed by atoms with van der Waals surface area (Å²) >= 11 is 0. The lowest BCUT2D eigenvalue weighted by atomic mass is 10.3. The van der Waals surface area contributed by atoms with Crippen molar-refractivity contribution in [1.82, 2.24) is 9.78 Å². The number of nitrogens with zero attached hydrogens (tertiary/aromatic N) is 2. The molecule has 0 fully saturated rings. The summed E-state index contributed by atoms with van der Waals surface area (Å²) in [5, 5.41) is 4.13. The summed E-state index contributed by atoms with van der Waals surface area (Å²) in [5.74, 6) is 1.97. The van der Waals surface area contributed by atoms with Crippen molar-refractivity contribution in [1.29, 1.82) is 0 Å². The Morgan fingerprint density at radius 1 is 1.35 bits per heavy atom. The number of benzene rings is 1. The molecule has 17 heavy (non-hydrogen) atoms. The van der Waals surface area contributed by atoms with E-state index in [1.54, 1.807) is 36.2 Å². The molecular weight excluding hydrogens is 218 g/mol. The van der Waals surface area contributed by atoms with Gasteiger partial charge in [-0.3, -0.25) is 4.68 Å². The molecule has 0 atom stereocenters. The maximum absolute atomic E-state index is 5.72. The second-order valence-corrected chi connectivity index (χ2v) is 3.54. The molecule has 0 bridgehead atoms. The van der Waals surface area contributed by atoms with E-state index in [0.717, 1.165) is 6.54 Å². The number of aryl methyl sites for hydroxylation is 1. The van der Waals surface area contributed by atoms with E-state index >= 15 is 0 Å². The summed E-state index contributed by atoms with van der Waals surface area (Å²) in [5.41, 5.74) is 6.31. The summed E-state index contributed by atoms with van der Waals surface area (Å²) in [7, 11) is 1.57. The third kappa shape index (κ3) is 2.50. The van der Waals surface area contributed by atoms with Crippen LogP contribution in [0.4, 0.5) is 5.69 Å². The van der Waals surface area contributed by atoms with Gasteiger partial charge in [0, 0.05) is 12.6 Å². The molecular formula is C12H15N3O2. The first kappa shape index (κ1) is 11.3. The molecule has 0 amide bonds. The highest BCUT2D eigenvalue weighted by atomic mass is 16.5. The van der Waals surface area contributed by atoms with Crippen LogP contribution in [0.5, 0.6) is 17.2 Å². The maximum atomic E-state index is 5.72. The van der Waals surface area contributed by atoms with E-state index in [9.17, 15) is 0 Å². The van der Waals surface area contributed by atoms with Crippen molar-refractivity contribution in [3.8, 4) is 17.2 Å². The van der Waals surface area contributed by atoms with E-state index in [1.165, 1.54) is 0 Å². The van der Waals surface area contributed by atoms with Crippen LogP contribution in [0.25, 0.3) is 0 Å². The molecule has 5 heteroatoms. The average Bonchev–Trinajstić information content (AvgIpc) is 2.79. The average molecular weight is 233 g/mol. The lowest BCUT2D eigenvalue weighted by Crippen LogP contribution is -1.93. The predicted octanol–water partition coefficient (Wildman–Crippen LogP) is 2.29. The van der Waals surface area contributed by atoms with Crippen molar-refractivity contribution < 1.29 is 9.47 Å². The highest BCUT2D eigenvalue weighted by Gasteiger charge is 2.04. The second kappa shape index (κ2) is 4.78. The SMILES string of the molecule is CCn1cc(Oc2ccc(N)c(OC)c2)cn1. The summed E-state index contributed by atoms with van der Waals surface area (Å²) in [6.07, 6.45) is 3.51. The van der Waals surface area contributed by atoms with E-state index < -0.39 is 0 Å². The Labute approximate surface area is 99.8 Å². The van der Waals surface area contributed by atoms with Crippen LogP contribution in [0.15, 0.2) is 30.6 Å². The Morgan fingerprint density at radius 2 is 2.18 bits per heavy atom. The number of anilines is 1. The van der Waals surface area contributed by atoms with Crippen molar-refractivity contribution in [2.45, 2.75) is 13.5 Å². The topological polar surface area (TPSA) is 62.3 Å². The van der Waals surface area contributed by atoms with Crippen LogP contribution in [-0.2, 0) is 6.54 Å². The van der Waals surface area contributed by atoms with Gasteiger partial charge in [0.2, 0.25) is 0 Å². The molecule has 2 aromatic rings. The largest absolute Gasteiger partial charge is 0.494 e. The molecule has 1 aromatic heterocycles. The van der Waals surface area contributed by atoms with Crippen LogP contribution in [0.2, 0.25) is 0 Å². The molecule has 2 N–H and O–H groups in total. The van der Waals surface area contributed by atoms with Crippen LogP contribution in [-0.4, -0.2) is 16.9 Å². The standard InChI is InChI=1S/C12H15N3O2/c1-3-15-8-10(7-14-15)17-9-4-5-11(13)12(6-9)16-2/h4-8H,3,13H2,1-2H3. The third-order valence-electron chi connectivity index (χ3n) is 2.37. The van der Waals surface area contributed by atoms with Gasteiger partial charge in [-0.1, -0.05) is 0 Å². The molecule has 0 aliphatic heterocycles. The molecule has 0 spiro atoms. The van der Waals surface area contributed by atoms with Crippen molar-refractivity contribution in [3.05, 3.63) is 30.6 Å². The van der Waals surface area contributed by atoms with Gasteiger partial charge in [0.15, 0.2) is 5.75 Å². The zero-order valence-electron chi connectivity index (χ0n) is 9.88. The number of nitrogens with two attached hydrogens (primary N) is 1. The van der Waals surface area contributed by atoms with E-state index in [-0.39, 0.29) is 0 Å². The minimum atomic E-state index is 0.587. The van der Waals surface area contributed by atoms with Gasteiger partial charge in [0.1, 0.15) is 11.5 Å². The number of rotatable bonds is 4. The molecule has 1 heterocycles. The van der Waals surface area contributed by atoms with Gasteiger partial charge >= 0.3 is 0 Å².